The van der Waals surface area contributed by atoms with Crippen molar-refractivity contribution in [3.63, 3.8) is 0 Å². The highest BCUT2D eigenvalue weighted by Gasteiger charge is 2.38. The van der Waals surface area contributed by atoms with Crippen molar-refractivity contribution in [2.75, 3.05) is 16.8 Å². The Hall–Kier alpha value is -3.19. The van der Waals surface area contributed by atoms with Gasteiger partial charge in [0.1, 0.15) is 29.8 Å². The van der Waals surface area contributed by atoms with E-state index in [1.807, 2.05) is 5.32 Å². The van der Waals surface area contributed by atoms with E-state index in [-0.39, 0.29) is 22.3 Å². The Labute approximate surface area is 215 Å². The van der Waals surface area contributed by atoms with Crippen molar-refractivity contribution in [2.45, 2.75) is 38.6 Å². The molecule has 14 heteroatoms. The summed E-state index contributed by atoms with van der Waals surface area (Å²) in [6, 6.07) is 4.50. The van der Waals surface area contributed by atoms with Crippen molar-refractivity contribution in [1.82, 2.24) is 15.3 Å². The highest BCUT2D eigenvalue weighted by Crippen LogP contribution is 2.36. The lowest BCUT2D eigenvalue weighted by molar-refractivity contribution is -0.160. The molecular formula is C23H22ClF4N5O3S. The Bertz CT molecular complexity index is 1470. The molecule has 0 aliphatic carbocycles. The molecule has 0 spiro atoms. The van der Waals surface area contributed by atoms with Crippen molar-refractivity contribution in [3.05, 3.63) is 47.5 Å². The molecule has 1 amide bonds. The number of aromatic nitrogens is 2. The monoisotopic (exact) mass is 559 g/mol. The number of halogens is 5. The van der Waals surface area contributed by atoms with E-state index in [1.165, 1.54) is 19.3 Å². The smallest absolute Gasteiger partial charge is 0.408 e. The number of hydrogen-bond acceptors (Lipinski definition) is 7. The van der Waals surface area contributed by atoms with E-state index < -0.39 is 39.8 Å². The van der Waals surface area contributed by atoms with Crippen LogP contribution in [0.25, 0.3) is 10.9 Å². The van der Waals surface area contributed by atoms with E-state index in [0.29, 0.717) is 28.1 Å². The fourth-order valence-corrected chi connectivity index (χ4v) is 5.18. The molecule has 0 unspecified atom stereocenters. The van der Waals surface area contributed by atoms with Crippen LogP contribution in [0, 0.1) is 5.82 Å². The van der Waals surface area contributed by atoms with Crippen LogP contribution < -0.4 is 15.4 Å². The zero-order chi connectivity index (χ0) is 27.0. The van der Waals surface area contributed by atoms with E-state index in [0.717, 1.165) is 25.5 Å². The van der Waals surface area contributed by atoms with Gasteiger partial charge in [0.2, 0.25) is 0 Å². The number of carbonyl (C=O) groups excluding carboxylic acids is 1. The van der Waals surface area contributed by atoms with Crippen LogP contribution >= 0.6 is 11.6 Å². The molecule has 4 rings (SSSR count). The Morgan fingerprint density at radius 1 is 1.19 bits per heavy atom. The van der Waals surface area contributed by atoms with E-state index in [4.69, 9.17) is 16.3 Å². The number of anilines is 2. The van der Waals surface area contributed by atoms with Crippen LogP contribution in [-0.2, 0) is 14.5 Å². The predicted octanol–water partition coefficient (Wildman–Crippen LogP) is 5.50. The minimum Gasteiger partial charge on any atom is -0.479 e. The molecule has 0 saturated carbocycles. The van der Waals surface area contributed by atoms with Crippen LogP contribution in [0.5, 0.6) is 5.75 Å². The van der Waals surface area contributed by atoms with Gasteiger partial charge in [-0.05, 0) is 44.5 Å². The summed E-state index contributed by atoms with van der Waals surface area (Å²) < 4.78 is 74.7. The normalized spacial score (nSPS) is 16.4. The van der Waals surface area contributed by atoms with Crippen LogP contribution in [0.3, 0.4) is 0 Å². The van der Waals surface area contributed by atoms with Gasteiger partial charge in [-0.25, -0.2) is 18.6 Å². The zero-order valence-electron chi connectivity index (χ0n) is 19.6. The molecule has 2 N–H and O–H groups in total. The number of carbonyl (C=O) groups is 1. The maximum absolute atomic E-state index is 14.0. The van der Waals surface area contributed by atoms with Gasteiger partial charge >= 0.3 is 6.18 Å². The first-order valence-electron chi connectivity index (χ1n) is 11.1. The van der Waals surface area contributed by atoms with Gasteiger partial charge in [-0.15, -0.1) is 0 Å². The third-order valence-electron chi connectivity index (χ3n) is 5.59. The Morgan fingerprint density at radius 2 is 1.92 bits per heavy atom. The van der Waals surface area contributed by atoms with Gasteiger partial charge in [0.05, 0.1) is 37.0 Å². The van der Waals surface area contributed by atoms with Gasteiger partial charge in [0.25, 0.3) is 5.91 Å². The number of hydrogen-bond donors (Lipinski definition) is 2. The lowest BCUT2D eigenvalue weighted by atomic mass is 10.2. The molecule has 1 aliphatic heterocycles. The SMILES string of the molecule is C[C@H](NC(=O)[C@@H](C)Oc1cc(F)ccc1Nc1ncnc2cc(N=S3(=O)CCC3)cc(Cl)c12)C(F)(F)F. The average Bonchev–Trinajstić information content (AvgIpc) is 2.79. The minimum absolute atomic E-state index is 0.140. The number of ether oxygens (including phenoxy) is 1. The number of nitrogens with zero attached hydrogens (tertiary/aromatic N) is 3. The number of nitrogens with one attached hydrogen (secondary N) is 2. The van der Waals surface area contributed by atoms with Gasteiger partial charge in [0, 0.05) is 17.6 Å². The maximum Gasteiger partial charge on any atom is 0.408 e. The Kier molecular flexibility index (Phi) is 7.47. The number of benzene rings is 2. The molecule has 8 nitrogen and oxygen atoms in total. The average molecular weight is 560 g/mol. The number of fused-ring (bicyclic) bond motifs is 1. The molecule has 3 aromatic rings. The van der Waals surface area contributed by atoms with E-state index >= 15 is 0 Å². The number of rotatable bonds is 7. The molecule has 1 saturated heterocycles. The van der Waals surface area contributed by atoms with Crippen molar-refractivity contribution in [2.24, 2.45) is 4.36 Å². The third-order valence-corrected chi connectivity index (χ3v) is 8.29. The highest BCUT2D eigenvalue weighted by molar-refractivity contribution is 7.95. The molecule has 198 valence electrons. The zero-order valence-corrected chi connectivity index (χ0v) is 21.2. The fourth-order valence-electron chi connectivity index (χ4n) is 3.43. The summed E-state index contributed by atoms with van der Waals surface area (Å²) in [5.41, 5.74) is 1.00. The Morgan fingerprint density at radius 3 is 2.57 bits per heavy atom. The first kappa shape index (κ1) is 26.9. The number of alkyl halides is 3. The van der Waals surface area contributed by atoms with Crippen LogP contribution in [0.2, 0.25) is 5.02 Å². The van der Waals surface area contributed by atoms with E-state index in [2.05, 4.69) is 19.6 Å². The predicted molar refractivity (Wildman–Crippen MR) is 133 cm³/mol. The molecule has 1 aromatic heterocycles. The second-order valence-electron chi connectivity index (χ2n) is 8.47. The number of amides is 1. The molecule has 2 heterocycles. The highest BCUT2D eigenvalue weighted by atomic mass is 35.5. The topological polar surface area (TPSA) is 106 Å². The lowest BCUT2D eigenvalue weighted by Gasteiger charge is -2.22. The van der Waals surface area contributed by atoms with Crippen molar-refractivity contribution < 1.29 is 31.3 Å². The molecule has 0 bridgehead atoms. The maximum atomic E-state index is 14.0. The molecule has 1 fully saturated rings. The quantitative estimate of drug-likeness (QED) is 0.370. The molecule has 2 aromatic carbocycles. The lowest BCUT2D eigenvalue weighted by Crippen LogP contribution is -2.47. The first-order valence-corrected chi connectivity index (χ1v) is 13.3. The minimum atomic E-state index is -4.63. The summed E-state index contributed by atoms with van der Waals surface area (Å²) in [6.45, 7) is 2.04. The van der Waals surface area contributed by atoms with Crippen molar-refractivity contribution >= 4 is 55.3 Å². The Balaban J connectivity index is 1.62. The molecule has 37 heavy (non-hydrogen) atoms. The van der Waals surface area contributed by atoms with Gasteiger partial charge in [-0.3, -0.25) is 4.79 Å². The van der Waals surface area contributed by atoms with Gasteiger partial charge in [-0.1, -0.05) is 11.6 Å². The molecule has 1 aliphatic rings. The second kappa shape index (κ2) is 10.3. The van der Waals surface area contributed by atoms with Gasteiger partial charge in [0.15, 0.2) is 6.10 Å². The van der Waals surface area contributed by atoms with E-state index in [9.17, 15) is 26.6 Å². The fraction of sp³-hybridized carbons (Fsp3) is 0.348. The largest absolute Gasteiger partial charge is 0.479 e. The van der Waals surface area contributed by atoms with Crippen molar-refractivity contribution in [1.29, 1.82) is 0 Å². The van der Waals surface area contributed by atoms with Gasteiger partial charge < -0.3 is 15.4 Å². The molecule has 0 radical (unpaired) electrons. The summed E-state index contributed by atoms with van der Waals surface area (Å²) in [4.78, 5) is 20.6. The summed E-state index contributed by atoms with van der Waals surface area (Å²) in [7, 11) is -2.27. The van der Waals surface area contributed by atoms with Crippen LogP contribution in [0.4, 0.5) is 34.8 Å². The summed E-state index contributed by atoms with van der Waals surface area (Å²) in [5, 5.41) is 5.39. The van der Waals surface area contributed by atoms with Crippen LogP contribution in [0.1, 0.15) is 20.3 Å². The summed E-state index contributed by atoms with van der Waals surface area (Å²) in [5.74, 6) is -0.599. The van der Waals surface area contributed by atoms with Crippen LogP contribution in [-0.4, -0.2) is 49.9 Å². The van der Waals surface area contributed by atoms with Gasteiger partial charge in [-0.2, -0.15) is 17.5 Å². The van der Waals surface area contributed by atoms with Crippen LogP contribution in [0.15, 0.2) is 41.0 Å². The second-order valence-corrected chi connectivity index (χ2v) is 11.4. The van der Waals surface area contributed by atoms with Crippen molar-refractivity contribution in [3.8, 4) is 5.75 Å². The third kappa shape index (κ3) is 6.21. The first-order chi connectivity index (χ1) is 17.3. The standard InChI is InChI=1S/C23H22ClF4N5O3S/c1-12(22(34)31-13(2)23(26,27)28)36-19-8-14(25)4-5-17(19)32-21-20-16(24)9-15(10-18(20)29-11-30-21)33-37(35)6-3-7-37/h4-5,8-13H,3,6-7H2,1-2H3,(H,31,34)(H,29,30,32)/t12-,13+/m1/s1. The molecular weight excluding hydrogens is 538 g/mol. The summed E-state index contributed by atoms with van der Waals surface area (Å²) in [6.07, 6.45) is -3.90. The van der Waals surface area contributed by atoms with E-state index in [1.54, 1.807) is 12.1 Å². The summed E-state index contributed by atoms with van der Waals surface area (Å²) >= 11 is 6.49. The molecule has 2 atom stereocenters.